The van der Waals surface area contributed by atoms with E-state index in [1.807, 2.05) is 0 Å². The molecule has 0 radical (unpaired) electrons. The van der Waals surface area contributed by atoms with Crippen LogP contribution in [0.5, 0.6) is 0 Å². The molecule has 0 aromatic heterocycles. The van der Waals surface area contributed by atoms with E-state index in [1.54, 1.807) is 0 Å². The van der Waals surface area contributed by atoms with Crippen LogP contribution in [-0.4, -0.2) is 37.2 Å². The monoisotopic (exact) mass is 297 g/mol. The Hall–Kier alpha value is -1.93. The lowest BCUT2D eigenvalue weighted by atomic mass is 10.2. The summed E-state index contributed by atoms with van der Waals surface area (Å²) in [7, 11) is -3.98. The highest BCUT2D eigenvalue weighted by Crippen LogP contribution is 2.25. The molecular weight excluding hydrogens is 286 g/mol. The first kappa shape index (κ1) is 14.5. The van der Waals surface area contributed by atoms with Gasteiger partial charge in [-0.05, 0) is 30.5 Å². The van der Waals surface area contributed by atoms with Gasteiger partial charge in [-0.3, -0.25) is 0 Å². The molecule has 1 aromatic carbocycles. The predicted molar refractivity (Wildman–Crippen MR) is 62.7 cm³/mol. The molecule has 1 atom stereocenters. The molecule has 0 aliphatic carbocycles. The Morgan fingerprint density at radius 2 is 1.75 bits per heavy atom. The third-order valence-corrected chi connectivity index (χ3v) is 5.09. The summed E-state index contributed by atoms with van der Waals surface area (Å²) in [4.78, 5) is 21.4. The summed E-state index contributed by atoms with van der Waals surface area (Å²) in [5.41, 5.74) is -0.151. The lowest BCUT2D eigenvalue weighted by molar-refractivity contribution is -0.309. The van der Waals surface area contributed by atoms with Gasteiger partial charge in [-0.1, -0.05) is 12.1 Å². The second kappa shape index (κ2) is 5.22. The fourth-order valence-electron chi connectivity index (χ4n) is 2.16. The molecular formula is C12H11NO6S-2. The van der Waals surface area contributed by atoms with Gasteiger partial charge in [0.05, 0.1) is 22.9 Å². The molecule has 1 heterocycles. The van der Waals surface area contributed by atoms with Gasteiger partial charge in [0.15, 0.2) is 0 Å². The van der Waals surface area contributed by atoms with E-state index in [-0.39, 0.29) is 23.4 Å². The number of carboxylic acids is 2. The van der Waals surface area contributed by atoms with Crippen LogP contribution in [0.4, 0.5) is 0 Å². The molecule has 0 N–H and O–H groups in total. The number of benzene rings is 1. The van der Waals surface area contributed by atoms with E-state index < -0.39 is 28.0 Å². The van der Waals surface area contributed by atoms with Gasteiger partial charge in [-0.25, -0.2) is 8.42 Å². The average Bonchev–Trinajstić information content (AvgIpc) is 2.89. The zero-order chi connectivity index (χ0) is 14.9. The van der Waals surface area contributed by atoms with Crippen molar-refractivity contribution in [3.05, 3.63) is 29.8 Å². The molecule has 0 bridgehead atoms. The first-order valence-electron chi connectivity index (χ1n) is 5.88. The number of carboxylic acid groups (broad SMARTS) is 2. The highest BCUT2D eigenvalue weighted by atomic mass is 32.2. The molecule has 0 spiro atoms. The molecule has 0 amide bonds. The lowest BCUT2D eigenvalue weighted by Gasteiger charge is -2.24. The summed E-state index contributed by atoms with van der Waals surface area (Å²) in [6.07, 6.45) is 0.647. The van der Waals surface area contributed by atoms with Crippen molar-refractivity contribution in [2.75, 3.05) is 6.54 Å². The van der Waals surface area contributed by atoms with E-state index in [9.17, 15) is 28.2 Å². The van der Waals surface area contributed by atoms with Gasteiger partial charge >= 0.3 is 0 Å². The molecule has 1 aliphatic heterocycles. The van der Waals surface area contributed by atoms with Crippen molar-refractivity contribution in [3.63, 3.8) is 0 Å². The molecule has 1 fully saturated rings. The second-order valence-electron chi connectivity index (χ2n) is 4.40. The van der Waals surface area contributed by atoms with Crippen LogP contribution >= 0.6 is 0 Å². The number of aromatic carboxylic acids is 1. The maximum Gasteiger partial charge on any atom is 0.243 e. The van der Waals surface area contributed by atoms with Crippen molar-refractivity contribution >= 4 is 22.0 Å². The highest BCUT2D eigenvalue weighted by Gasteiger charge is 2.35. The number of carbonyl (C=O) groups excluding carboxylic acids is 2. The quantitative estimate of drug-likeness (QED) is 0.631. The molecule has 0 unspecified atom stereocenters. The maximum atomic E-state index is 12.3. The first-order valence-corrected chi connectivity index (χ1v) is 7.32. The third-order valence-electron chi connectivity index (χ3n) is 3.17. The van der Waals surface area contributed by atoms with Crippen LogP contribution in [0, 0.1) is 0 Å². The van der Waals surface area contributed by atoms with Crippen LogP contribution in [0.3, 0.4) is 0 Å². The van der Waals surface area contributed by atoms with E-state index in [0.29, 0.717) is 6.42 Å². The van der Waals surface area contributed by atoms with Gasteiger partial charge in [0.1, 0.15) is 0 Å². The Balaban J connectivity index is 2.35. The molecule has 7 nitrogen and oxygen atoms in total. The average molecular weight is 297 g/mol. The minimum atomic E-state index is -3.98. The van der Waals surface area contributed by atoms with Gasteiger partial charge in [-0.2, -0.15) is 4.31 Å². The second-order valence-corrected chi connectivity index (χ2v) is 6.30. The number of hydrogen-bond donors (Lipinski definition) is 0. The van der Waals surface area contributed by atoms with Crippen molar-refractivity contribution in [1.82, 2.24) is 4.31 Å². The van der Waals surface area contributed by atoms with Crippen molar-refractivity contribution in [2.45, 2.75) is 23.8 Å². The third kappa shape index (κ3) is 2.52. The van der Waals surface area contributed by atoms with E-state index in [1.165, 1.54) is 0 Å². The zero-order valence-corrected chi connectivity index (χ0v) is 11.1. The largest absolute Gasteiger partial charge is 0.548 e. The van der Waals surface area contributed by atoms with Crippen LogP contribution in [0.1, 0.15) is 23.2 Å². The topological polar surface area (TPSA) is 118 Å². The van der Waals surface area contributed by atoms with Crippen LogP contribution < -0.4 is 10.2 Å². The van der Waals surface area contributed by atoms with Crippen LogP contribution in [0.15, 0.2) is 29.2 Å². The van der Waals surface area contributed by atoms with Gasteiger partial charge in [0.25, 0.3) is 0 Å². The summed E-state index contributed by atoms with van der Waals surface area (Å²) in [6.45, 7) is 0.100. The van der Waals surface area contributed by atoms with Crippen LogP contribution in [-0.2, 0) is 14.8 Å². The summed E-state index contributed by atoms with van der Waals surface area (Å²) in [5, 5.41) is 21.5. The standard InChI is InChI=1S/C12H13NO6S/c14-11(15)8-3-5-9(6-4-8)20(18,19)13-7-1-2-10(13)12(16)17/h3-6,10H,1-2,7H2,(H,14,15)(H,16,17)/p-2/t10-/m0/s1. The molecule has 0 saturated carbocycles. The highest BCUT2D eigenvalue weighted by molar-refractivity contribution is 7.89. The molecule has 8 heteroatoms. The summed E-state index contributed by atoms with van der Waals surface area (Å²) in [5.74, 6) is -2.85. The molecule has 1 saturated heterocycles. The fourth-order valence-corrected chi connectivity index (χ4v) is 3.81. The SMILES string of the molecule is O=C([O-])c1ccc(S(=O)(=O)N2CCC[C@H]2C(=O)[O-])cc1. The van der Waals surface area contributed by atoms with Crippen molar-refractivity contribution < 1.29 is 28.2 Å². The minimum Gasteiger partial charge on any atom is -0.548 e. The first-order chi connectivity index (χ1) is 9.34. The Morgan fingerprint density at radius 1 is 1.15 bits per heavy atom. The Bertz CT molecular complexity index is 636. The maximum absolute atomic E-state index is 12.3. The number of carbonyl (C=O) groups is 2. The van der Waals surface area contributed by atoms with Crippen LogP contribution in [0.25, 0.3) is 0 Å². The lowest BCUT2D eigenvalue weighted by Crippen LogP contribution is -2.46. The van der Waals surface area contributed by atoms with E-state index in [0.717, 1.165) is 28.6 Å². The Morgan fingerprint density at radius 3 is 2.25 bits per heavy atom. The Kier molecular flexibility index (Phi) is 3.78. The minimum absolute atomic E-state index is 0.100. The van der Waals surface area contributed by atoms with Gasteiger partial charge in [0.2, 0.25) is 10.0 Å². The van der Waals surface area contributed by atoms with Gasteiger partial charge in [-0.15, -0.1) is 0 Å². The number of rotatable bonds is 4. The molecule has 2 rings (SSSR count). The number of hydrogen-bond acceptors (Lipinski definition) is 6. The molecule has 108 valence electrons. The Labute approximate surface area is 115 Å². The normalized spacial score (nSPS) is 19.9. The van der Waals surface area contributed by atoms with E-state index >= 15 is 0 Å². The number of aliphatic carboxylic acids is 1. The fraction of sp³-hybridized carbons (Fsp3) is 0.333. The zero-order valence-electron chi connectivity index (χ0n) is 10.3. The van der Waals surface area contributed by atoms with Gasteiger partial charge in [0, 0.05) is 6.54 Å². The summed E-state index contributed by atoms with van der Waals surface area (Å²) < 4.78 is 25.5. The summed E-state index contributed by atoms with van der Waals surface area (Å²) >= 11 is 0. The predicted octanol–water partition coefficient (Wildman–Crippen LogP) is -2.05. The van der Waals surface area contributed by atoms with E-state index in [2.05, 4.69) is 0 Å². The van der Waals surface area contributed by atoms with E-state index in [4.69, 9.17) is 0 Å². The molecule has 20 heavy (non-hydrogen) atoms. The molecule has 1 aromatic rings. The van der Waals surface area contributed by atoms with Crippen molar-refractivity contribution in [1.29, 1.82) is 0 Å². The smallest absolute Gasteiger partial charge is 0.243 e. The number of nitrogens with zero attached hydrogens (tertiary/aromatic N) is 1. The van der Waals surface area contributed by atoms with Crippen LogP contribution in [0.2, 0.25) is 0 Å². The summed E-state index contributed by atoms with van der Waals surface area (Å²) in [6, 6.07) is 3.26. The van der Waals surface area contributed by atoms with Gasteiger partial charge < -0.3 is 19.8 Å². The number of sulfonamides is 1. The molecule has 1 aliphatic rings. The van der Waals surface area contributed by atoms with Crippen molar-refractivity contribution in [2.24, 2.45) is 0 Å². The van der Waals surface area contributed by atoms with Crippen molar-refractivity contribution in [3.8, 4) is 0 Å².